The van der Waals surface area contributed by atoms with Crippen molar-refractivity contribution in [2.75, 3.05) is 20.8 Å². The highest BCUT2D eigenvalue weighted by Gasteiger charge is 2.10. The first-order chi connectivity index (χ1) is 8.12. The van der Waals surface area contributed by atoms with Gasteiger partial charge in [0.15, 0.2) is 0 Å². The van der Waals surface area contributed by atoms with Gasteiger partial charge in [0.25, 0.3) is 0 Å². The maximum Gasteiger partial charge on any atom is 0.126 e. The second kappa shape index (κ2) is 6.30. The Bertz CT molecular complexity index is 383. The van der Waals surface area contributed by atoms with Crippen molar-refractivity contribution >= 4 is 0 Å². The number of rotatable bonds is 5. The van der Waals surface area contributed by atoms with E-state index in [1.54, 1.807) is 14.2 Å². The summed E-state index contributed by atoms with van der Waals surface area (Å²) in [6, 6.07) is 3.97. The van der Waals surface area contributed by atoms with Gasteiger partial charge >= 0.3 is 0 Å². The summed E-state index contributed by atoms with van der Waals surface area (Å²) in [4.78, 5) is 0. The average Bonchev–Trinajstić information content (AvgIpc) is 2.35. The Morgan fingerprint density at radius 1 is 1.24 bits per heavy atom. The van der Waals surface area contributed by atoms with Crippen LogP contribution in [-0.2, 0) is 6.42 Å². The number of aliphatic hydroxyl groups excluding tert-OH is 1. The van der Waals surface area contributed by atoms with Gasteiger partial charge in [-0.05, 0) is 38.0 Å². The normalized spacial score (nSPS) is 11.5. The molecule has 1 aromatic rings. The van der Waals surface area contributed by atoms with Crippen LogP contribution in [0.3, 0.4) is 0 Å². The highest BCUT2D eigenvalue weighted by Crippen LogP contribution is 2.31. The fraction of sp³-hybridized carbons (Fsp3) is 0.429. The van der Waals surface area contributed by atoms with Crippen LogP contribution in [0.2, 0.25) is 0 Å². The molecule has 0 bridgehead atoms. The van der Waals surface area contributed by atoms with E-state index in [0.29, 0.717) is 6.42 Å². The zero-order valence-corrected chi connectivity index (χ0v) is 10.9. The Kier molecular flexibility index (Phi) is 5.04. The maximum atomic E-state index is 8.98. The minimum atomic E-state index is 0.0799. The van der Waals surface area contributed by atoms with Crippen LogP contribution in [0.4, 0.5) is 0 Å². The molecule has 0 aliphatic heterocycles. The summed E-state index contributed by atoms with van der Waals surface area (Å²) < 4.78 is 10.7. The summed E-state index contributed by atoms with van der Waals surface area (Å²) in [5, 5.41) is 8.98. The van der Waals surface area contributed by atoms with Crippen LogP contribution in [0.25, 0.3) is 0 Å². The number of aryl methyl sites for hydroxylation is 1. The van der Waals surface area contributed by atoms with E-state index in [4.69, 9.17) is 14.6 Å². The summed E-state index contributed by atoms with van der Waals surface area (Å²) >= 11 is 0. The summed E-state index contributed by atoms with van der Waals surface area (Å²) in [6.45, 7) is 3.98. The smallest absolute Gasteiger partial charge is 0.126 e. The van der Waals surface area contributed by atoms with Crippen molar-refractivity contribution < 1.29 is 14.6 Å². The molecule has 0 radical (unpaired) electrons. The van der Waals surface area contributed by atoms with Gasteiger partial charge in [0, 0.05) is 5.56 Å². The minimum Gasteiger partial charge on any atom is -0.496 e. The molecule has 0 aliphatic rings. The zero-order chi connectivity index (χ0) is 12.8. The molecule has 1 N–H and O–H groups in total. The van der Waals surface area contributed by atoms with Crippen molar-refractivity contribution in [1.82, 2.24) is 0 Å². The van der Waals surface area contributed by atoms with Gasteiger partial charge in [0.2, 0.25) is 0 Å². The first-order valence-electron chi connectivity index (χ1n) is 5.60. The van der Waals surface area contributed by atoms with Gasteiger partial charge in [-0.3, -0.25) is 0 Å². The molecule has 3 heteroatoms. The molecule has 0 heterocycles. The molecule has 0 amide bonds. The number of hydrogen-bond acceptors (Lipinski definition) is 3. The lowest BCUT2D eigenvalue weighted by Crippen LogP contribution is -1.98. The highest BCUT2D eigenvalue weighted by molar-refractivity contribution is 5.49. The van der Waals surface area contributed by atoms with Gasteiger partial charge in [0.05, 0.1) is 20.8 Å². The summed E-state index contributed by atoms with van der Waals surface area (Å²) in [5.41, 5.74) is 3.05. The van der Waals surface area contributed by atoms with Crippen molar-refractivity contribution in [3.05, 3.63) is 34.9 Å². The van der Waals surface area contributed by atoms with Gasteiger partial charge in [-0.15, -0.1) is 0 Å². The van der Waals surface area contributed by atoms with Crippen LogP contribution >= 0.6 is 0 Å². The fourth-order valence-corrected chi connectivity index (χ4v) is 1.66. The lowest BCUT2D eigenvalue weighted by molar-refractivity contribution is 0.331. The Balaban J connectivity index is 3.11. The van der Waals surface area contributed by atoms with Gasteiger partial charge in [-0.25, -0.2) is 0 Å². The summed E-state index contributed by atoms with van der Waals surface area (Å²) in [5.74, 6) is 1.65. The summed E-state index contributed by atoms with van der Waals surface area (Å²) in [7, 11) is 3.31. The van der Waals surface area contributed by atoms with E-state index in [1.807, 2.05) is 32.1 Å². The van der Waals surface area contributed by atoms with Crippen LogP contribution in [0.15, 0.2) is 23.8 Å². The molecule has 0 atom stereocenters. The topological polar surface area (TPSA) is 38.7 Å². The van der Waals surface area contributed by atoms with E-state index in [2.05, 4.69) is 0 Å². The standard InChI is InChI=1S/C14H20O3/c1-10(9-15)5-6-12-13(16-3)7-11(2)8-14(12)17-4/h5,7-8,15H,6,9H2,1-4H3. The van der Waals surface area contributed by atoms with Gasteiger partial charge in [-0.1, -0.05) is 11.6 Å². The lowest BCUT2D eigenvalue weighted by atomic mass is 10.0. The Labute approximate surface area is 103 Å². The third-order valence-corrected chi connectivity index (χ3v) is 2.66. The molecular weight excluding hydrogens is 216 g/mol. The van der Waals surface area contributed by atoms with Crippen LogP contribution in [0.1, 0.15) is 18.1 Å². The molecule has 1 rings (SSSR count). The van der Waals surface area contributed by atoms with E-state index in [0.717, 1.165) is 28.2 Å². The van der Waals surface area contributed by atoms with Crippen LogP contribution in [0, 0.1) is 6.92 Å². The minimum absolute atomic E-state index is 0.0799. The first kappa shape index (κ1) is 13.6. The van der Waals surface area contributed by atoms with Crippen molar-refractivity contribution in [2.45, 2.75) is 20.3 Å². The summed E-state index contributed by atoms with van der Waals surface area (Å²) in [6.07, 6.45) is 2.68. The molecule has 0 aromatic heterocycles. The second-order valence-electron chi connectivity index (χ2n) is 4.06. The number of methoxy groups -OCH3 is 2. The Morgan fingerprint density at radius 3 is 2.18 bits per heavy atom. The quantitative estimate of drug-likeness (QED) is 0.798. The Morgan fingerprint density at radius 2 is 1.76 bits per heavy atom. The monoisotopic (exact) mass is 236 g/mol. The molecule has 0 aliphatic carbocycles. The third kappa shape index (κ3) is 3.49. The van der Waals surface area contributed by atoms with E-state index >= 15 is 0 Å². The molecule has 0 saturated carbocycles. The molecule has 0 spiro atoms. The molecule has 0 unspecified atom stereocenters. The number of allylic oxidation sites excluding steroid dienone is 1. The van der Waals surface area contributed by atoms with Crippen LogP contribution < -0.4 is 9.47 Å². The second-order valence-corrected chi connectivity index (χ2v) is 4.06. The molecule has 0 fully saturated rings. The number of benzene rings is 1. The third-order valence-electron chi connectivity index (χ3n) is 2.66. The molecule has 17 heavy (non-hydrogen) atoms. The molecule has 1 aromatic carbocycles. The SMILES string of the molecule is COc1cc(C)cc(OC)c1CC=C(C)CO. The fourth-order valence-electron chi connectivity index (χ4n) is 1.66. The number of aliphatic hydroxyl groups is 1. The zero-order valence-electron chi connectivity index (χ0n) is 10.9. The highest BCUT2D eigenvalue weighted by atomic mass is 16.5. The van der Waals surface area contributed by atoms with E-state index < -0.39 is 0 Å². The largest absolute Gasteiger partial charge is 0.496 e. The van der Waals surface area contributed by atoms with Crippen LogP contribution in [-0.4, -0.2) is 25.9 Å². The molecule has 3 nitrogen and oxygen atoms in total. The molecule has 0 saturated heterocycles. The Hall–Kier alpha value is -1.48. The van der Waals surface area contributed by atoms with Crippen molar-refractivity contribution in [1.29, 1.82) is 0 Å². The maximum absolute atomic E-state index is 8.98. The van der Waals surface area contributed by atoms with Gasteiger partial charge < -0.3 is 14.6 Å². The van der Waals surface area contributed by atoms with E-state index in [9.17, 15) is 0 Å². The number of hydrogen-bond donors (Lipinski definition) is 1. The van der Waals surface area contributed by atoms with Gasteiger partial charge in [0.1, 0.15) is 11.5 Å². The van der Waals surface area contributed by atoms with Crippen molar-refractivity contribution in [3.63, 3.8) is 0 Å². The van der Waals surface area contributed by atoms with Crippen molar-refractivity contribution in [2.24, 2.45) is 0 Å². The van der Waals surface area contributed by atoms with E-state index in [-0.39, 0.29) is 6.61 Å². The predicted octanol–water partition coefficient (Wildman–Crippen LogP) is 2.49. The van der Waals surface area contributed by atoms with Crippen LogP contribution in [0.5, 0.6) is 11.5 Å². The van der Waals surface area contributed by atoms with E-state index in [1.165, 1.54) is 0 Å². The predicted molar refractivity (Wildman–Crippen MR) is 68.8 cm³/mol. The lowest BCUT2D eigenvalue weighted by Gasteiger charge is -2.13. The first-order valence-corrected chi connectivity index (χ1v) is 5.60. The van der Waals surface area contributed by atoms with Crippen molar-refractivity contribution in [3.8, 4) is 11.5 Å². The van der Waals surface area contributed by atoms with Gasteiger partial charge in [-0.2, -0.15) is 0 Å². The molecule has 94 valence electrons. The number of ether oxygens (including phenoxy) is 2. The molecular formula is C14H20O3. The average molecular weight is 236 g/mol.